The Morgan fingerprint density at radius 3 is 2.73 bits per heavy atom. The van der Waals surface area contributed by atoms with Gasteiger partial charge in [-0.05, 0) is 23.6 Å². The number of aromatic nitrogens is 1. The molecule has 1 N–H and O–H groups in total. The van der Waals surface area contributed by atoms with E-state index in [2.05, 4.69) is 27.8 Å². The van der Waals surface area contributed by atoms with E-state index in [0.29, 0.717) is 0 Å². The molecule has 0 radical (unpaired) electrons. The van der Waals surface area contributed by atoms with Gasteiger partial charge in [-0.15, -0.1) is 23.7 Å². The number of ether oxygens (including phenoxy) is 1. The molecule has 0 spiro atoms. The fourth-order valence-corrected chi connectivity index (χ4v) is 2.94. The van der Waals surface area contributed by atoms with Gasteiger partial charge in [0.1, 0.15) is 11.6 Å². The summed E-state index contributed by atoms with van der Waals surface area (Å²) in [4.78, 5) is 6.49. The topological polar surface area (TPSA) is 37.4 Å². The zero-order valence-electron chi connectivity index (χ0n) is 12.7. The monoisotopic (exact) mass is 335 g/mol. The molecular formula is C16H18ClN3OS. The molecule has 22 heavy (non-hydrogen) atoms. The van der Waals surface area contributed by atoms with Crippen LogP contribution in [0.4, 0.5) is 17.2 Å². The largest absolute Gasteiger partial charge is 0.497 e. The van der Waals surface area contributed by atoms with E-state index in [1.165, 1.54) is 4.70 Å². The molecule has 0 unspecified atom stereocenters. The summed E-state index contributed by atoms with van der Waals surface area (Å²) in [7, 11) is 5.70. The molecule has 0 amide bonds. The molecule has 2 heterocycles. The van der Waals surface area contributed by atoms with Crippen LogP contribution in [0.2, 0.25) is 0 Å². The summed E-state index contributed by atoms with van der Waals surface area (Å²) in [6, 6.07) is 10.2. The molecule has 4 nitrogen and oxygen atoms in total. The van der Waals surface area contributed by atoms with Gasteiger partial charge in [-0.25, -0.2) is 4.98 Å². The first-order valence-electron chi connectivity index (χ1n) is 6.63. The van der Waals surface area contributed by atoms with Crippen molar-refractivity contribution >= 4 is 51.0 Å². The van der Waals surface area contributed by atoms with Gasteiger partial charge in [0.2, 0.25) is 0 Å². The van der Waals surface area contributed by atoms with Gasteiger partial charge >= 0.3 is 0 Å². The highest BCUT2D eigenvalue weighted by Gasteiger charge is 2.07. The smallest absolute Gasteiger partial charge is 0.139 e. The number of hydrogen-bond acceptors (Lipinski definition) is 5. The number of methoxy groups -OCH3 is 1. The van der Waals surface area contributed by atoms with Gasteiger partial charge in [-0.1, -0.05) is 0 Å². The van der Waals surface area contributed by atoms with Crippen molar-refractivity contribution in [2.75, 3.05) is 31.4 Å². The minimum Gasteiger partial charge on any atom is -0.497 e. The molecule has 0 aliphatic heterocycles. The van der Waals surface area contributed by atoms with Crippen LogP contribution in [0, 0.1) is 0 Å². The summed E-state index contributed by atoms with van der Waals surface area (Å²) < 4.78 is 6.60. The Morgan fingerprint density at radius 1 is 1.18 bits per heavy atom. The summed E-state index contributed by atoms with van der Waals surface area (Å²) in [5.74, 6) is 1.69. The predicted octanol–water partition coefficient (Wildman–Crippen LogP) is 4.54. The number of hydrogen-bond donors (Lipinski definition) is 1. The molecule has 2 aromatic heterocycles. The summed E-state index contributed by atoms with van der Waals surface area (Å²) in [5, 5.41) is 6.61. The summed E-state index contributed by atoms with van der Waals surface area (Å²) in [6.07, 6.45) is 1.83. The zero-order valence-corrected chi connectivity index (χ0v) is 14.3. The Hall–Kier alpha value is -1.98. The van der Waals surface area contributed by atoms with Crippen molar-refractivity contribution in [1.29, 1.82) is 0 Å². The van der Waals surface area contributed by atoms with Crippen molar-refractivity contribution in [2.45, 2.75) is 0 Å². The van der Waals surface area contributed by atoms with Crippen molar-refractivity contribution in [1.82, 2.24) is 4.98 Å². The molecular weight excluding hydrogens is 318 g/mol. The quantitative estimate of drug-likeness (QED) is 0.759. The molecule has 0 saturated heterocycles. The number of fused-ring (bicyclic) bond motifs is 1. The first kappa shape index (κ1) is 16.4. The maximum atomic E-state index is 5.37. The van der Waals surface area contributed by atoms with Crippen molar-refractivity contribution in [3.05, 3.63) is 41.9 Å². The summed E-state index contributed by atoms with van der Waals surface area (Å²) in [5.41, 5.74) is 2.04. The van der Waals surface area contributed by atoms with Gasteiger partial charge in [-0.3, -0.25) is 0 Å². The highest BCUT2D eigenvalue weighted by Crippen LogP contribution is 2.31. The molecule has 0 aliphatic rings. The van der Waals surface area contributed by atoms with Crippen molar-refractivity contribution < 1.29 is 4.74 Å². The van der Waals surface area contributed by atoms with E-state index < -0.39 is 0 Å². The lowest BCUT2D eigenvalue weighted by molar-refractivity contribution is 0.415. The number of rotatable bonds is 4. The third kappa shape index (κ3) is 3.26. The van der Waals surface area contributed by atoms with Crippen LogP contribution in [-0.4, -0.2) is 26.2 Å². The van der Waals surface area contributed by atoms with Crippen LogP contribution in [0.3, 0.4) is 0 Å². The third-order valence-corrected chi connectivity index (χ3v) is 4.17. The number of nitrogens with zero attached hydrogens (tertiary/aromatic N) is 2. The van der Waals surface area contributed by atoms with Gasteiger partial charge in [0.05, 0.1) is 7.11 Å². The molecule has 3 aromatic rings. The second-order valence-electron chi connectivity index (χ2n) is 4.93. The Balaban J connectivity index is 0.00000176. The van der Waals surface area contributed by atoms with Gasteiger partial charge in [-0.2, -0.15) is 0 Å². The molecule has 3 rings (SSSR count). The first-order chi connectivity index (χ1) is 10.2. The van der Waals surface area contributed by atoms with Crippen LogP contribution in [0.5, 0.6) is 5.75 Å². The van der Waals surface area contributed by atoms with Crippen LogP contribution in [0.15, 0.2) is 41.9 Å². The van der Waals surface area contributed by atoms with Crippen molar-refractivity contribution in [3.8, 4) is 5.75 Å². The predicted molar refractivity (Wildman–Crippen MR) is 97.5 cm³/mol. The highest BCUT2D eigenvalue weighted by atomic mass is 35.5. The summed E-state index contributed by atoms with van der Waals surface area (Å²) >= 11 is 1.71. The third-order valence-electron chi connectivity index (χ3n) is 3.29. The van der Waals surface area contributed by atoms with Crippen molar-refractivity contribution in [3.63, 3.8) is 0 Å². The van der Waals surface area contributed by atoms with Gasteiger partial charge < -0.3 is 15.0 Å². The van der Waals surface area contributed by atoms with Crippen LogP contribution >= 0.6 is 23.7 Å². The maximum Gasteiger partial charge on any atom is 0.139 e. The van der Waals surface area contributed by atoms with Gasteiger partial charge in [0.15, 0.2) is 0 Å². The molecule has 0 aliphatic carbocycles. The standard InChI is InChI=1S/C16H17N3OS.ClH/c1-19(2)12-8-11(9-13(10-12)20-3)18-16-14-5-7-21-15(14)4-6-17-16;/h4-10H,1-3H3,(H,17,18);1H. The number of benzene rings is 1. The van der Waals surface area contributed by atoms with E-state index >= 15 is 0 Å². The van der Waals surface area contributed by atoms with Gasteiger partial charge in [0, 0.05) is 53.9 Å². The fourth-order valence-electron chi connectivity index (χ4n) is 2.16. The number of anilines is 3. The van der Waals surface area contributed by atoms with Gasteiger partial charge in [0.25, 0.3) is 0 Å². The van der Waals surface area contributed by atoms with Crippen LogP contribution in [0.25, 0.3) is 10.1 Å². The Labute approximate surface area is 140 Å². The minimum absolute atomic E-state index is 0. The van der Waals surface area contributed by atoms with E-state index in [0.717, 1.165) is 28.3 Å². The van der Waals surface area contributed by atoms with Crippen LogP contribution in [0.1, 0.15) is 0 Å². The van der Waals surface area contributed by atoms with E-state index in [1.807, 2.05) is 43.4 Å². The molecule has 0 bridgehead atoms. The SMILES string of the molecule is COc1cc(Nc2nccc3sccc23)cc(N(C)C)c1.Cl. The lowest BCUT2D eigenvalue weighted by Crippen LogP contribution is -2.09. The van der Waals surface area contributed by atoms with Crippen LogP contribution < -0.4 is 15.0 Å². The Kier molecular flexibility index (Phi) is 5.11. The first-order valence-corrected chi connectivity index (χ1v) is 7.51. The molecule has 0 saturated carbocycles. The number of halogens is 1. The van der Waals surface area contributed by atoms with E-state index in [9.17, 15) is 0 Å². The summed E-state index contributed by atoms with van der Waals surface area (Å²) in [6.45, 7) is 0. The number of nitrogens with one attached hydrogen (secondary N) is 1. The Morgan fingerprint density at radius 2 is 2.00 bits per heavy atom. The minimum atomic E-state index is 0. The molecule has 6 heteroatoms. The lowest BCUT2D eigenvalue weighted by Gasteiger charge is -2.16. The molecule has 0 atom stereocenters. The number of thiophene rings is 1. The molecule has 1 aromatic carbocycles. The number of pyridine rings is 1. The Bertz CT molecular complexity index is 773. The highest BCUT2D eigenvalue weighted by molar-refractivity contribution is 7.17. The second-order valence-corrected chi connectivity index (χ2v) is 5.88. The zero-order chi connectivity index (χ0) is 14.8. The molecule has 0 fully saturated rings. The van der Waals surface area contributed by atoms with Crippen LogP contribution in [-0.2, 0) is 0 Å². The average Bonchev–Trinajstić information content (AvgIpc) is 2.96. The van der Waals surface area contributed by atoms with E-state index in [4.69, 9.17) is 4.74 Å². The fraction of sp³-hybridized carbons (Fsp3) is 0.188. The van der Waals surface area contributed by atoms with E-state index in [1.54, 1.807) is 18.4 Å². The lowest BCUT2D eigenvalue weighted by atomic mass is 10.2. The maximum absolute atomic E-state index is 5.37. The molecule has 116 valence electrons. The second kappa shape index (κ2) is 6.85. The normalized spacial score (nSPS) is 10.1. The van der Waals surface area contributed by atoms with Crippen molar-refractivity contribution in [2.24, 2.45) is 0 Å². The average molecular weight is 336 g/mol. The van der Waals surface area contributed by atoms with E-state index in [-0.39, 0.29) is 12.4 Å².